The van der Waals surface area contributed by atoms with E-state index in [0.29, 0.717) is 18.0 Å². The van der Waals surface area contributed by atoms with Gasteiger partial charge in [-0.3, -0.25) is 4.79 Å². The molecule has 0 radical (unpaired) electrons. The summed E-state index contributed by atoms with van der Waals surface area (Å²) in [6.07, 6.45) is 9.34. The quantitative estimate of drug-likeness (QED) is 0.469. The first kappa shape index (κ1) is 23.8. The molecular weight excluding hydrogens is 434 g/mol. The van der Waals surface area contributed by atoms with Crippen LogP contribution in [0.25, 0.3) is 0 Å². The highest BCUT2D eigenvalue weighted by atomic mass is 16.3. The van der Waals surface area contributed by atoms with Gasteiger partial charge in [-0.15, -0.1) is 0 Å². The highest BCUT2D eigenvalue weighted by Crippen LogP contribution is 2.54. The molecule has 2 aliphatic rings. The predicted octanol–water partition coefficient (Wildman–Crippen LogP) is 5.91. The lowest BCUT2D eigenvalue weighted by Crippen LogP contribution is -2.48. The number of aromatic nitrogens is 2. The molecule has 0 spiro atoms. The van der Waals surface area contributed by atoms with Gasteiger partial charge in [-0.2, -0.15) is 5.10 Å². The maximum absolute atomic E-state index is 13.1. The third-order valence-corrected chi connectivity index (χ3v) is 8.63. The first-order valence-electron chi connectivity index (χ1n) is 13.2. The summed E-state index contributed by atoms with van der Waals surface area (Å²) in [5.74, 6) is 1.06. The molecule has 2 aliphatic carbocycles. The van der Waals surface area contributed by atoms with Crippen LogP contribution >= 0.6 is 0 Å². The number of carbonyl (C=O) groups is 1. The number of amides is 1. The van der Waals surface area contributed by atoms with Crippen molar-refractivity contribution >= 4 is 11.7 Å². The fourth-order valence-electron chi connectivity index (χ4n) is 6.60. The second-order valence-corrected chi connectivity index (χ2v) is 10.5. The van der Waals surface area contributed by atoms with Crippen LogP contribution in [-0.4, -0.2) is 26.4 Å². The number of benzene rings is 2. The number of nitrogens with zero attached hydrogens (tertiary/aromatic N) is 2. The van der Waals surface area contributed by atoms with E-state index < -0.39 is 5.60 Å². The monoisotopic (exact) mass is 471 g/mol. The van der Waals surface area contributed by atoms with E-state index in [0.717, 1.165) is 57.2 Å². The molecule has 3 atom stereocenters. The van der Waals surface area contributed by atoms with Gasteiger partial charge in [0.2, 0.25) is 0 Å². The minimum absolute atomic E-state index is 0.00950. The summed E-state index contributed by atoms with van der Waals surface area (Å²) in [5.41, 5.74) is 4.16. The van der Waals surface area contributed by atoms with Crippen molar-refractivity contribution in [1.82, 2.24) is 9.78 Å². The van der Waals surface area contributed by atoms with Gasteiger partial charge in [0.05, 0.1) is 11.8 Å². The van der Waals surface area contributed by atoms with Gasteiger partial charge in [0, 0.05) is 23.6 Å². The van der Waals surface area contributed by atoms with Crippen molar-refractivity contribution in [1.29, 1.82) is 0 Å². The van der Waals surface area contributed by atoms with Crippen LogP contribution in [0.5, 0.6) is 0 Å². The van der Waals surface area contributed by atoms with Crippen LogP contribution in [0.3, 0.4) is 0 Å². The third-order valence-electron chi connectivity index (χ3n) is 8.63. The minimum Gasteiger partial charge on any atom is -0.390 e. The molecular formula is C30H37N3O2. The van der Waals surface area contributed by atoms with Crippen molar-refractivity contribution in [2.24, 2.45) is 5.92 Å². The molecule has 1 fully saturated rings. The van der Waals surface area contributed by atoms with E-state index in [1.165, 1.54) is 16.7 Å². The molecule has 0 bridgehead atoms. The van der Waals surface area contributed by atoms with Crippen molar-refractivity contribution in [3.63, 3.8) is 0 Å². The van der Waals surface area contributed by atoms with Crippen molar-refractivity contribution in [2.45, 2.75) is 82.8 Å². The normalized spacial score (nSPS) is 25.9. The lowest BCUT2D eigenvalue weighted by atomic mass is 9.55. The smallest absolute Gasteiger partial charge is 0.256 e. The van der Waals surface area contributed by atoms with E-state index in [1.807, 2.05) is 19.1 Å². The second kappa shape index (κ2) is 9.62. The molecule has 0 unspecified atom stereocenters. The topological polar surface area (TPSA) is 67.2 Å². The Balaban J connectivity index is 1.52. The summed E-state index contributed by atoms with van der Waals surface area (Å²) in [6, 6.07) is 19.0. The number of anilines is 1. The first-order valence-corrected chi connectivity index (χ1v) is 13.2. The molecule has 1 heterocycles. The average molecular weight is 472 g/mol. The largest absolute Gasteiger partial charge is 0.390 e. The molecule has 5 nitrogen and oxygen atoms in total. The van der Waals surface area contributed by atoms with Crippen molar-refractivity contribution in [3.8, 4) is 0 Å². The molecule has 35 heavy (non-hydrogen) atoms. The molecule has 2 N–H and O–H groups in total. The zero-order valence-electron chi connectivity index (χ0n) is 21.0. The number of aryl methyl sites for hydroxylation is 2. The Kier molecular flexibility index (Phi) is 6.54. The van der Waals surface area contributed by atoms with Crippen LogP contribution in [0.1, 0.15) is 79.4 Å². The van der Waals surface area contributed by atoms with Gasteiger partial charge in [-0.1, -0.05) is 43.3 Å². The predicted molar refractivity (Wildman–Crippen MR) is 140 cm³/mol. The number of fused-ring (bicyclic) bond motifs is 3. The Hall–Kier alpha value is -2.92. The van der Waals surface area contributed by atoms with Gasteiger partial charge in [0.1, 0.15) is 5.82 Å². The van der Waals surface area contributed by atoms with Crippen LogP contribution < -0.4 is 5.32 Å². The fourth-order valence-corrected chi connectivity index (χ4v) is 6.60. The summed E-state index contributed by atoms with van der Waals surface area (Å²) in [7, 11) is 0. The molecule has 0 saturated heterocycles. The molecule has 3 aromatic rings. The zero-order chi connectivity index (χ0) is 24.5. The molecule has 1 aromatic heterocycles. The van der Waals surface area contributed by atoms with Crippen LogP contribution in [0.15, 0.2) is 60.8 Å². The summed E-state index contributed by atoms with van der Waals surface area (Å²) in [4.78, 5) is 13.1. The Morgan fingerprint density at radius 2 is 1.97 bits per heavy atom. The fraction of sp³-hybridized carbons (Fsp3) is 0.467. The number of hydrogen-bond donors (Lipinski definition) is 2. The molecule has 2 aromatic carbocycles. The summed E-state index contributed by atoms with van der Waals surface area (Å²) >= 11 is 0. The van der Waals surface area contributed by atoms with Crippen molar-refractivity contribution < 1.29 is 9.90 Å². The van der Waals surface area contributed by atoms with Gasteiger partial charge in [-0.05, 0) is 93.0 Å². The Bertz CT molecular complexity index is 1190. The van der Waals surface area contributed by atoms with Crippen LogP contribution in [0.2, 0.25) is 0 Å². The number of carbonyl (C=O) groups excluding carboxylic acids is 1. The maximum atomic E-state index is 13.1. The van der Waals surface area contributed by atoms with Gasteiger partial charge in [0.25, 0.3) is 5.91 Å². The highest BCUT2D eigenvalue weighted by molar-refractivity contribution is 6.04. The molecule has 0 aliphatic heterocycles. The minimum atomic E-state index is -0.558. The molecule has 5 rings (SSSR count). The van der Waals surface area contributed by atoms with Crippen LogP contribution in [0.4, 0.5) is 5.82 Å². The lowest BCUT2D eigenvalue weighted by molar-refractivity contribution is -0.0497. The average Bonchev–Trinajstić information content (AvgIpc) is 3.27. The summed E-state index contributed by atoms with van der Waals surface area (Å²) in [6.45, 7) is 4.84. The van der Waals surface area contributed by atoms with Crippen LogP contribution in [0, 0.1) is 5.92 Å². The summed E-state index contributed by atoms with van der Waals surface area (Å²) in [5, 5.41) is 18.6. The standard InChI is InChI=1S/C30H37N3O2/c1-3-29(35)16-17-30(20-22-9-6-5-7-10-22)25(21-29)12-8-11-23-19-24(13-14-26(23)30)28(34)32-27-15-18-31-33(27)4-2/h5-7,9-10,13-15,18-19,25,35H,3-4,8,11-12,16-17,20-21H2,1-2H3,(H,32,34)/t25-,29+,30-/m0/s1. The van der Waals surface area contributed by atoms with E-state index in [4.69, 9.17) is 0 Å². The highest BCUT2D eigenvalue weighted by Gasteiger charge is 2.50. The SMILES string of the molecule is CCn1nccc1NC(=O)c1ccc2c(c1)CCC[C@H]1C[C@@](O)(CC)CC[C@@]21Cc1ccccc1. The summed E-state index contributed by atoms with van der Waals surface area (Å²) < 4.78 is 1.79. The van der Waals surface area contributed by atoms with Gasteiger partial charge in [0.15, 0.2) is 0 Å². The number of rotatable bonds is 6. The maximum Gasteiger partial charge on any atom is 0.256 e. The third kappa shape index (κ3) is 4.54. The van der Waals surface area contributed by atoms with Crippen molar-refractivity contribution in [3.05, 3.63) is 83.0 Å². The Labute approximate surface area is 208 Å². The van der Waals surface area contributed by atoms with Gasteiger partial charge in [-0.25, -0.2) is 4.68 Å². The van der Waals surface area contributed by atoms with E-state index in [2.05, 4.69) is 59.8 Å². The number of hydrogen-bond acceptors (Lipinski definition) is 3. The second-order valence-electron chi connectivity index (χ2n) is 10.5. The van der Waals surface area contributed by atoms with E-state index in [-0.39, 0.29) is 11.3 Å². The van der Waals surface area contributed by atoms with Gasteiger partial charge >= 0.3 is 0 Å². The Morgan fingerprint density at radius 1 is 1.14 bits per heavy atom. The van der Waals surface area contributed by atoms with E-state index in [9.17, 15) is 9.90 Å². The molecule has 1 saturated carbocycles. The molecule has 1 amide bonds. The van der Waals surface area contributed by atoms with E-state index in [1.54, 1.807) is 10.9 Å². The van der Waals surface area contributed by atoms with Gasteiger partial charge < -0.3 is 10.4 Å². The first-order chi connectivity index (χ1) is 17.0. The Morgan fingerprint density at radius 3 is 2.74 bits per heavy atom. The lowest BCUT2D eigenvalue weighted by Gasteiger charge is -2.50. The molecule has 184 valence electrons. The van der Waals surface area contributed by atoms with Crippen molar-refractivity contribution in [2.75, 3.05) is 5.32 Å². The van der Waals surface area contributed by atoms with Crippen LogP contribution in [-0.2, 0) is 24.8 Å². The molecule has 5 heteroatoms. The number of aliphatic hydroxyl groups is 1. The number of nitrogens with one attached hydrogen (secondary N) is 1. The van der Waals surface area contributed by atoms with E-state index >= 15 is 0 Å². The zero-order valence-corrected chi connectivity index (χ0v) is 21.0.